The van der Waals surface area contributed by atoms with Crippen molar-refractivity contribution in [1.82, 2.24) is 9.97 Å². The highest BCUT2D eigenvalue weighted by atomic mass is 32.1. The fourth-order valence-corrected chi connectivity index (χ4v) is 3.25. The lowest BCUT2D eigenvalue weighted by molar-refractivity contribution is 0.102. The highest BCUT2D eigenvalue weighted by Crippen LogP contribution is 2.28. The van der Waals surface area contributed by atoms with Crippen molar-refractivity contribution in [2.45, 2.75) is 0 Å². The number of nitrogens with zero attached hydrogens (tertiary/aromatic N) is 2. The molecule has 0 bridgehead atoms. The van der Waals surface area contributed by atoms with Crippen molar-refractivity contribution in [3.63, 3.8) is 0 Å². The molecule has 26 heavy (non-hydrogen) atoms. The number of nitrogens with one attached hydrogen (secondary N) is 1. The lowest BCUT2D eigenvalue weighted by atomic mass is 10.0. The van der Waals surface area contributed by atoms with Crippen LogP contribution in [0.5, 0.6) is 5.75 Å². The number of anilines is 1. The molecule has 2 heterocycles. The van der Waals surface area contributed by atoms with Crippen molar-refractivity contribution in [3.8, 4) is 17.0 Å². The van der Waals surface area contributed by atoms with Gasteiger partial charge in [0.2, 0.25) is 0 Å². The first-order chi connectivity index (χ1) is 12.7. The molecule has 0 fully saturated rings. The lowest BCUT2D eigenvalue weighted by Crippen LogP contribution is -2.13. The van der Waals surface area contributed by atoms with Gasteiger partial charge in [0.05, 0.1) is 23.9 Å². The molecule has 2 aromatic heterocycles. The Hall–Kier alpha value is -3.25. The number of methoxy groups -OCH3 is 1. The van der Waals surface area contributed by atoms with Crippen LogP contribution < -0.4 is 10.1 Å². The molecule has 128 valence electrons. The van der Waals surface area contributed by atoms with Crippen molar-refractivity contribution in [2.24, 2.45) is 0 Å². The number of amides is 1. The predicted octanol–water partition coefficient (Wildman–Crippen LogP) is 4.62. The Morgan fingerprint density at radius 2 is 1.96 bits per heavy atom. The average Bonchev–Trinajstić information content (AvgIpc) is 3.20. The summed E-state index contributed by atoms with van der Waals surface area (Å²) in [5.41, 5.74) is 2.93. The van der Waals surface area contributed by atoms with Gasteiger partial charge in [-0.25, -0.2) is 9.97 Å². The second-order valence-corrected chi connectivity index (χ2v) is 6.49. The maximum atomic E-state index is 12.9. The minimum absolute atomic E-state index is 0.213. The molecule has 0 saturated carbocycles. The van der Waals surface area contributed by atoms with Gasteiger partial charge in [0.15, 0.2) is 5.13 Å². The number of ether oxygens (including phenoxy) is 1. The SMILES string of the molecule is COc1ccc2c(C(=O)Nc3nccs3)cc(-c3ccccc3)nc2c1. The molecule has 0 atom stereocenters. The first-order valence-corrected chi connectivity index (χ1v) is 8.87. The molecule has 4 rings (SSSR count). The molecule has 0 aliphatic rings. The quantitative estimate of drug-likeness (QED) is 0.576. The summed E-state index contributed by atoms with van der Waals surface area (Å²) in [7, 11) is 1.61. The van der Waals surface area contributed by atoms with E-state index in [1.165, 1.54) is 11.3 Å². The van der Waals surface area contributed by atoms with Gasteiger partial charge in [-0.05, 0) is 18.2 Å². The number of carbonyl (C=O) groups is 1. The zero-order valence-electron chi connectivity index (χ0n) is 14.0. The number of thiazole rings is 1. The average molecular weight is 361 g/mol. The van der Waals surface area contributed by atoms with E-state index in [2.05, 4.69) is 10.3 Å². The summed E-state index contributed by atoms with van der Waals surface area (Å²) in [6.07, 6.45) is 1.66. The number of fused-ring (bicyclic) bond motifs is 1. The highest BCUT2D eigenvalue weighted by Gasteiger charge is 2.15. The van der Waals surface area contributed by atoms with Crippen LogP contribution in [0.1, 0.15) is 10.4 Å². The topological polar surface area (TPSA) is 64.1 Å². The fraction of sp³-hybridized carbons (Fsp3) is 0.0500. The first-order valence-electron chi connectivity index (χ1n) is 7.99. The third-order valence-electron chi connectivity index (χ3n) is 3.98. The second-order valence-electron chi connectivity index (χ2n) is 5.60. The van der Waals surface area contributed by atoms with Crippen LogP contribution in [0.25, 0.3) is 22.2 Å². The van der Waals surface area contributed by atoms with Gasteiger partial charge in [-0.2, -0.15) is 0 Å². The number of carbonyl (C=O) groups excluding carboxylic acids is 1. The summed E-state index contributed by atoms with van der Waals surface area (Å²) in [5, 5.41) is 6.00. The smallest absolute Gasteiger partial charge is 0.258 e. The Kier molecular flexibility index (Phi) is 4.33. The normalized spacial score (nSPS) is 10.7. The van der Waals surface area contributed by atoms with E-state index in [9.17, 15) is 4.79 Å². The summed E-state index contributed by atoms with van der Waals surface area (Å²) in [6, 6.07) is 17.1. The number of hydrogen-bond acceptors (Lipinski definition) is 5. The molecule has 0 saturated heterocycles. The van der Waals surface area contributed by atoms with Crippen molar-refractivity contribution in [2.75, 3.05) is 12.4 Å². The van der Waals surface area contributed by atoms with Crippen molar-refractivity contribution in [1.29, 1.82) is 0 Å². The fourth-order valence-electron chi connectivity index (χ4n) is 2.73. The largest absolute Gasteiger partial charge is 0.497 e. The van der Waals surface area contributed by atoms with E-state index >= 15 is 0 Å². The van der Waals surface area contributed by atoms with Gasteiger partial charge in [0.1, 0.15) is 5.75 Å². The number of benzene rings is 2. The molecule has 2 aromatic carbocycles. The number of pyridine rings is 1. The Balaban J connectivity index is 1.87. The van der Waals surface area contributed by atoms with E-state index in [4.69, 9.17) is 9.72 Å². The van der Waals surface area contributed by atoms with E-state index in [1.54, 1.807) is 13.3 Å². The van der Waals surface area contributed by atoms with Gasteiger partial charge in [0, 0.05) is 28.6 Å². The molecular weight excluding hydrogens is 346 g/mol. The monoisotopic (exact) mass is 361 g/mol. The molecule has 4 aromatic rings. The van der Waals surface area contributed by atoms with Crippen LogP contribution in [0.15, 0.2) is 66.2 Å². The van der Waals surface area contributed by atoms with E-state index in [0.29, 0.717) is 22.0 Å². The van der Waals surface area contributed by atoms with Gasteiger partial charge in [0.25, 0.3) is 5.91 Å². The minimum Gasteiger partial charge on any atom is -0.497 e. The van der Waals surface area contributed by atoms with Crippen LogP contribution >= 0.6 is 11.3 Å². The second kappa shape index (κ2) is 6.93. The molecular formula is C20H15N3O2S. The Bertz CT molecular complexity index is 1060. The molecule has 6 heteroatoms. The maximum Gasteiger partial charge on any atom is 0.258 e. The van der Waals surface area contributed by atoms with Crippen molar-refractivity contribution in [3.05, 3.63) is 71.7 Å². The van der Waals surface area contributed by atoms with Crippen LogP contribution in [-0.2, 0) is 0 Å². The van der Waals surface area contributed by atoms with Crippen molar-refractivity contribution < 1.29 is 9.53 Å². The van der Waals surface area contributed by atoms with Crippen LogP contribution in [0.2, 0.25) is 0 Å². The van der Waals surface area contributed by atoms with E-state index in [1.807, 2.05) is 60.0 Å². The standard InChI is InChI=1S/C20H15N3O2S/c1-25-14-7-8-15-16(19(24)23-20-21-9-10-26-20)12-17(22-18(15)11-14)13-5-3-2-4-6-13/h2-12H,1H3,(H,21,23,24). The number of aromatic nitrogens is 2. The van der Waals surface area contributed by atoms with Gasteiger partial charge in [-0.1, -0.05) is 30.3 Å². The third-order valence-corrected chi connectivity index (χ3v) is 4.67. The van der Waals surface area contributed by atoms with Gasteiger partial charge in [-0.3, -0.25) is 10.1 Å². The molecule has 0 aliphatic carbocycles. The molecule has 5 nitrogen and oxygen atoms in total. The summed E-state index contributed by atoms with van der Waals surface area (Å²) >= 11 is 1.38. The Morgan fingerprint density at radius 1 is 1.12 bits per heavy atom. The summed E-state index contributed by atoms with van der Waals surface area (Å²) in [4.78, 5) is 21.7. The molecule has 0 spiro atoms. The van der Waals surface area contributed by atoms with Gasteiger partial charge in [-0.15, -0.1) is 11.3 Å². The van der Waals surface area contributed by atoms with Crippen LogP contribution in [0.3, 0.4) is 0 Å². The first kappa shape index (κ1) is 16.2. The lowest BCUT2D eigenvalue weighted by Gasteiger charge is -2.11. The van der Waals surface area contributed by atoms with Crippen molar-refractivity contribution >= 4 is 33.3 Å². The van der Waals surface area contributed by atoms with Crippen LogP contribution in [-0.4, -0.2) is 23.0 Å². The van der Waals surface area contributed by atoms with E-state index in [0.717, 1.165) is 16.6 Å². The molecule has 0 unspecified atom stereocenters. The van der Waals surface area contributed by atoms with Crippen LogP contribution in [0.4, 0.5) is 5.13 Å². The molecule has 1 amide bonds. The zero-order chi connectivity index (χ0) is 17.9. The number of rotatable bonds is 4. The van der Waals surface area contributed by atoms with Crippen LogP contribution in [0, 0.1) is 0 Å². The highest BCUT2D eigenvalue weighted by molar-refractivity contribution is 7.13. The Labute approximate surface area is 154 Å². The molecule has 1 N–H and O–H groups in total. The molecule has 0 aliphatic heterocycles. The van der Waals surface area contributed by atoms with Gasteiger partial charge < -0.3 is 4.74 Å². The predicted molar refractivity (Wildman–Crippen MR) is 104 cm³/mol. The maximum absolute atomic E-state index is 12.9. The third kappa shape index (κ3) is 3.14. The molecule has 0 radical (unpaired) electrons. The van der Waals surface area contributed by atoms with E-state index < -0.39 is 0 Å². The summed E-state index contributed by atoms with van der Waals surface area (Å²) in [5.74, 6) is 0.483. The summed E-state index contributed by atoms with van der Waals surface area (Å²) in [6.45, 7) is 0. The minimum atomic E-state index is -0.213. The summed E-state index contributed by atoms with van der Waals surface area (Å²) < 4.78 is 5.30. The van der Waals surface area contributed by atoms with E-state index in [-0.39, 0.29) is 5.91 Å². The number of hydrogen-bond donors (Lipinski definition) is 1. The Morgan fingerprint density at radius 3 is 2.69 bits per heavy atom. The van der Waals surface area contributed by atoms with Gasteiger partial charge >= 0.3 is 0 Å². The zero-order valence-corrected chi connectivity index (χ0v) is 14.8.